The Morgan fingerprint density at radius 3 is 1.79 bits per heavy atom. The molecule has 3 rings (SSSR count). The minimum absolute atomic E-state index is 0.0105. The highest BCUT2D eigenvalue weighted by molar-refractivity contribution is 5.89. The molecule has 0 fully saturated rings. The van der Waals surface area contributed by atoms with Crippen LogP contribution in [0.3, 0.4) is 0 Å². The minimum Gasteiger partial charge on any atom is -0.0915 e. The first-order valence-electron chi connectivity index (χ1n) is 10.6. The summed E-state index contributed by atoms with van der Waals surface area (Å²) in [5.41, 5.74) is 14.0. The second-order valence-corrected chi connectivity index (χ2v) is 10.6. The van der Waals surface area contributed by atoms with Gasteiger partial charge >= 0.3 is 0 Å². The first kappa shape index (κ1) is 20.9. The number of rotatable bonds is 0. The molecule has 0 spiro atoms. The Labute approximate surface area is 173 Å². The summed E-state index contributed by atoms with van der Waals surface area (Å²) in [6.07, 6.45) is 6.98. The first-order valence-corrected chi connectivity index (χ1v) is 10.6. The smallest absolute Gasteiger partial charge is 0.00352 e. The lowest BCUT2D eigenvalue weighted by Crippen LogP contribution is -2.47. The molecule has 0 amide bonds. The van der Waals surface area contributed by atoms with Crippen molar-refractivity contribution in [1.82, 2.24) is 0 Å². The largest absolute Gasteiger partial charge is 0.0915 e. The average molecular weight is 375 g/mol. The van der Waals surface area contributed by atoms with Crippen LogP contribution in [-0.4, -0.2) is 0 Å². The van der Waals surface area contributed by atoms with Crippen LogP contribution in [0.4, 0.5) is 0 Å². The van der Waals surface area contributed by atoms with E-state index in [-0.39, 0.29) is 16.2 Å². The van der Waals surface area contributed by atoms with Crippen molar-refractivity contribution in [3.63, 3.8) is 0 Å². The van der Waals surface area contributed by atoms with E-state index < -0.39 is 0 Å². The summed E-state index contributed by atoms with van der Waals surface area (Å²) < 4.78 is 0. The van der Waals surface area contributed by atoms with E-state index in [1.807, 2.05) is 0 Å². The third-order valence-corrected chi connectivity index (χ3v) is 9.00. The van der Waals surface area contributed by atoms with Gasteiger partial charge in [-0.1, -0.05) is 66.3 Å². The predicted octanol–water partition coefficient (Wildman–Crippen LogP) is 8.09. The third kappa shape index (κ3) is 2.43. The zero-order valence-electron chi connectivity index (χ0n) is 19.9. The Balaban J connectivity index is 2.64. The highest BCUT2D eigenvalue weighted by atomic mass is 14.6. The van der Waals surface area contributed by atoms with E-state index in [0.29, 0.717) is 0 Å². The van der Waals surface area contributed by atoms with Gasteiger partial charge in [-0.2, -0.15) is 0 Å². The number of benzene rings is 1. The van der Waals surface area contributed by atoms with Crippen molar-refractivity contribution in [2.75, 3.05) is 0 Å². The van der Waals surface area contributed by atoms with Gasteiger partial charge in [0.1, 0.15) is 0 Å². The van der Waals surface area contributed by atoms with Gasteiger partial charge in [0.15, 0.2) is 0 Å². The van der Waals surface area contributed by atoms with Crippen LogP contribution in [0.2, 0.25) is 0 Å². The summed E-state index contributed by atoms with van der Waals surface area (Å²) in [5.74, 6) is 0. The van der Waals surface area contributed by atoms with E-state index in [1.54, 1.807) is 0 Å². The van der Waals surface area contributed by atoms with Gasteiger partial charge in [-0.25, -0.2) is 0 Å². The molecule has 1 aromatic rings. The summed E-state index contributed by atoms with van der Waals surface area (Å²) in [4.78, 5) is 0. The lowest BCUT2D eigenvalue weighted by atomic mass is 9.51. The average Bonchev–Trinajstić information content (AvgIpc) is 2.76. The molecule has 0 saturated carbocycles. The molecule has 0 saturated heterocycles. The van der Waals surface area contributed by atoms with E-state index in [9.17, 15) is 0 Å². The first-order chi connectivity index (χ1) is 12.7. The lowest BCUT2D eigenvalue weighted by molar-refractivity contribution is 0.0654. The summed E-state index contributed by atoms with van der Waals surface area (Å²) in [6.45, 7) is 30.5. The van der Waals surface area contributed by atoms with Crippen molar-refractivity contribution < 1.29 is 0 Å². The van der Waals surface area contributed by atoms with Gasteiger partial charge in [0.25, 0.3) is 0 Å². The zero-order valence-corrected chi connectivity index (χ0v) is 19.9. The molecule has 0 unspecified atom stereocenters. The summed E-state index contributed by atoms with van der Waals surface area (Å²) in [5, 5.41) is 0. The second-order valence-electron chi connectivity index (χ2n) is 10.6. The van der Waals surface area contributed by atoms with E-state index in [0.717, 1.165) is 5.57 Å². The normalized spacial score (nSPS) is 22.2. The number of hydrogen-bond acceptors (Lipinski definition) is 0. The topological polar surface area (TPSA) is 0 Å². The Kier molecular flexibility index (Phi) is 4.54. The molecule has 0 radical (unpaired) electrons. The maximum atomic E-state index is 4.38. The van der Waals surface area contributed by atoms with E-state index >= 15 is 0 Å². The fourth-order valence-corrected chi connectivity index (χ4v) is 5.37. The molecule has 1 aromatic carbocycles. The van der Waals surface area contributed by atoms with Gasteiger partial charge in [-0.15, -0.1) is 0 Å². The molecule has 0 atom stereocenters. The molecule has 0 heterocycles. The summed E-state index contributed by atoms with van der Waals surface area (Å²) in [6, 6.07) is 0. The Bertz CT molecular complexity index is 982. The molecule has 0 heteroatoms. The highest BCUT2D eigenvalue weighted by Crippen LogP contribution is 2.63. The van der Waals surface area contributed by atoms with E-state index in [2.05, 4.69) is 101 Å². The molecule has 0 aromatic heterocycles. The van der Waals surface area contributed by atoms with Crippen LogP contribution in [0.25, 0.3) is 5.57 Å². The van der Waals surface area contributed by atoms with Crippen LogP contribution >= 0.6 is 0 Å². The Morgan fingerprint density at radius 1 is 0.679 bits per heavy atom. The molecule has 2 aliphatic rings. The number of hydrogen-bond donors (Lipinski definition) is 0. The van der Waals surface area contributed by atoms with Crippen molar-refractivity contribution in [2.45, 2.75) is 81.6 Å². The van der Waals surface area contributed by atoms with E-state index in [1.165, 1.54) is 50.1 Å². The Hall–Kier alpha value is -1.82. The van der Waals surface area contributed by atoms with Crippen molar-refractivity contribution in [3.8, 4) is 0 Å². The standard InChI is InChI=1S/C28H38/c1-16-13-14-22-23(15-17(16)2)26(7,8)28(11,12)27(9,10)25-21(6)19(4)18(3)20(5)24(22)25/h13-15H,2H2,1,3-12H3. The van der Waals surface area contributed by atoms with Crippen LogP contribution in [0.15, 0.2) is 41.5 Å². The van der Waals surface area contributed by atoms with Gasteiger partial charge in [0, 0.05) is 0 Å². The number of fused-ring (bicyclic) bond motifs is 3. The van der Waals surface area contributed by atoms with Crippen LogP contribution in [0, 0.1) is 38.5 Å². The lowest BCUT2D eigenvalue weighted by Gasteiger charge is -2.52. The van der Waals surface area contributed by atoms with Gasteiger partial charge in [0.05, 0.1) is 0 Å². The van der Waals surface area contributed by atoms with Crippen LogP contribution in [0.5, 0.6) is 0 Å². The van der Waals surface area contributed by atoms with Gasteiger partial charge in [0.2, 0.25) is 0 Å². The molecule has 0 nitrogen and oxygen atoms in total. The maximum Gasteiger partial charge on any atom is -0.00352 e. The molecule has 2 aliphatic carbocycles. The van der Waals surface area contributed by atoms with Crippen molar-refractivity contribution >= 4 is 5.57 Å². The maximum absolute atomic E-state index is 4.38. The van der Waals surface area contributed by atoms with Crippen LogP contribution in [-0.2, 0) is 5.41 Å². The molecule has 150 valence electrons. The van der Waals surface area contributed by atoms with Gasteiger partial charge in [-0.05, 0) is 107 Å². The van der Waals surface area contributed by atoms with E-state index in [4.69, 9.17) is 0 Å². The summed E-state index contributed by atoms with van der Waals surface area (Å²) >= 11 is 0. The highest BCUT2D eigenvalue weighted by Gasteiger charge is 2.54. The molecule has 0 aliphatic heterocycles. The van der Waals surface area contributed by atoms with Crippen molar-refractivity contribution in [3.05, 3.63) is 74.9 Å². The SMILES string of the molecule is C=C1C=C2C(=CC=C1C)c1c(C)c(C)c(C)c(C)c1C(C)(C)C(C)(C)C2(C)C. The van der Waals surface area contributed by atoms with Crippen molar-refractivity contribution in [1.29, 1.82) is 0 Å². The molecular weight excluding hydrogens is 336 g/mol. The second kappa shape index (κ2) is 6.09. The fourth-order valence-electron chi connectivity index (χ4n) is 5.37. The van der Waals surface area contributed by atoms with Gasteiger partial charge < -0.3 is 0 Å². The molecule has 0 bridgehead atoms. The Morgan fingerprint density at radius 2 is 1.21 bits per heavy atom. The third-order valence-electron chi connectivity index (χ3n) is 9.00. The zero-order chi connectivity index (χ0) is 21.4. The van der Waals surface area contributed by atoms with Crippen molar-refractivity contribution in [2.24, 2.45) is 10.8 Å². The molecule has 0 N–H and O–H groups in total. The summed E-state index contributed by atoms with van der Waals surface area (Å²) in [7, 11) is 0. The van der Waals surface area contributed by atoms with Crippen LogP contribution in [0.1, 0.15) is 81.8 Å². The quantitative estimate of drug-likeness (QED) is 0.430. The predicted molar refractivity (Wildman–Crippen MR) is 125 cm³/mol. The monoisotopic (exact) mass is 374 g/mol. The van der Waals surface area contributed by atoms with Gasteiger partial charge in [-0.3, -0.25) is 0 Å². The molecule has 28 heavy (non-hydrogen) atoms. The molecular formula is C28H38. The fraction of sp³-hybridized carbons (Fsp3) is 0.500. The number of allylic oxidation sites excluding steroid dienone is 7. The minimum atomic E-state index is -0.0105. The van der Waals surface area contributed by atoms with Crippen LogP contribution < -0.4 is 0 Å².